The van der Waals surface area contributed by atoms with Gasteiger partial charge in [-0.15, -0.1) is 0 Å². The normalized spacial score (nSPS) is 19.4. The summed E-state index contributed by atoms with van der Waals surface area (Å²) in [7, 11) is 0. The van der Waals surface area contributed by atoms with Crippen molar-refractivity contribution in [3.63, 3.8) is 0 Å². The monoisotopic (exact) mass is 207 g/mol. The number of hydrogen-bond donors (Lipinski definition) is 2. The van der Waals surface area contributed by atoms with E-state index in [2.05, 4.69) is 11.4 Å². The predicted octanol–water partition coefficient (Wildman–Crippen LogP) is 1.48. The smallest absolute Gasteiger partial charge is 0.124 e. The molecule has 1 aliphatic heterocycles. The van der Waals surface area contributed by atoms with Gasteiger partial charge in [0, 0.05) is 24.6 Å². The fourth-order valence-electron chi connectivity index (χ4n) is 1.91. The standard InChI is InChI=1S/C12H17NO2/c14-8-3-7-13-11-6-9-15-12-5-2-1-4-10(11)12/h1-2,4-5,11,13-14H,3,6-9H2. The second-order valence-electron chi connectivity index (χ2n) is 3.76. The van der Waals surface area contributed by atoms with Crippen LogP contribution >= 0.6 is 0 Å². The molecule has 3 nitrogen and oxygen atoms in total. The van der Waals surface area contributed by atoms with E-state index in [1.807, 2.05) is 18.2 Å². The molecule has 2 N–H and O–H groups in total. The molecule has 0 radical (unpaired) electrons. The minimum absolute atomic E-state index is 0.248. The molecule has 2 rings (SSSR count). The molecular formula is C12H17NO2. The molecule has 0 spiro atoms. The third kappa shape index (κ3) is 2.49. The number of hydrogen-bond acceptors (Lipinski definition) is 3. The van der Waals surface area contributed by atoms with Gasteiger partial charge in [0.05, 0.1) is 6.61 Å². The van der Waals surface area contributed by atoms with Crippen LogP contribution in [-0.4, -0.2) is 24.9 Å². The molecule has 0 fully saturated rings. The molecule has 0 saturated heterocycles. The highest BCUT2D eigenvalue weighted by atomic mass is 16.5. The van der Waals surface area contributed by atoms with Crippen molar-refractivity contribution in [1.82, 2.24) is 5.32 Å². The third-order valence-electron chi connectivity index (χ3n) is 2.68. The first-order chi connectivity index (χ1) is 7.42. The topological polar surface area (TPSA) is 41.5 Å². The molecule has 1 heterocycles. The first kappa shape index (κ1) is 10.5. The van der Waals surface area contributed by atoms with E-state index in [0.717, 1.165) is 31.7 Å². The quantitative estimate of drug-likeness (QED) is 0.735. The Kier molecular flexibility index (Phi) is 3.59. The van der Waals surface area contributed by atoms with E-state index in [1.165, 1.54) is 5.56 Å². The van der Waals surface area contributed by atoms with Crippen LogP contribution in [0.5, 0.6) is 5.75 Å². The van der Waals surface area contributed by atoms with Crippen molar-refractivity contribution in [2.24, 2.45) is 0 Å². The lowest BCUT2D eigenvalue weighted by molar-refractivity contribution is 0.245. The van der Waals surface area contributed by atoms with Gasteiger partial charge in [0.15, 0.2) is 0 Å². The Morgan fingerprint density at radius 1 is 1.40 bits per heavy atom. The summed E-state index contributed by atoms with van der Waals surface area (Å²) in [5.41, 5.74) is 1.24. The lowest BCUT2D eigenvalue weighted by Gasteiger charge is -2.26. The minimum Gasteiger partial charge on any atom is -0.493 e. The van der Waals surface area contributed by atoms with Gasteiger partial charge in [0.1, 0.15) is 5.75 Å². The largest absolute Gasteiger partial charge is 0.493 e. The van der Waals surface area contributed by atoms with Crippen LogP contribution in [0.15, 0.2) is 24.3 Å². The van der Waals surface area contributed by atoms with E-state index in [0.29, 0.717) is 6.04 Å². The van der Waals surface area contributed by atoms with Crippen LogP contribution in [0.3, 0.4) is 0 Å². The van der Waals surface area contributed by atoms with Gasteiger partial charge >= 0.3 is 0 Å². The Morgan fingerprint density at radius 3 is 3.13 bits per heavy atom. The zero-order chi connectivity index (χ0) is 10.5. The van der Waals surface area contributed by atoms with Crippen LogP contribution in [-0.2, 0) is 0 Å². The molecule has 1 aromatic rings. The molecule has 82 valence electrons. The Balaban J connectivity index is 2.02. The second-order valence-corrected chi connectivity index (χ2v) is 3.76. The van der Waals surface area contributed by atoms with E-state index in [-0.39, 0.29) is 6.61 Å². The van der Waals surface area contributed by atoms with Crippen LogP contribution in [0.4, 0.5) is 0 Å². The van der Waals surface area contributed by atoms with Crippen molar-refractivity contribution in [1.29, 1.82) is 0 Å². The minimum atomic E-state index is 0.248. The van der Waals surface area contributed by atoms with Crippen molar-refractivity contribution < 1.29 is 9.84 Å². The summed E-state index contributed by atoms with van der Waals surface area (Å²) in [6.45, 7) is 1.88. The summed E-state index contributed by atoms with van der Waals surface area (Å²) in [6, 6.07) is 8.52. The van der Waals surface area contributed by atoms with Gasteiger partial charge in [-0.2, -0.15) is 0 Å². The molecule has 0 amide bonds. The highest BCUT2D eigenvalue weighted by Gasteiger charge is 2.19. The summed E-state index contributed by atoms with van der Waals surface area (Å²) in [5, 5.41) is 12.2. The lowest BCUT2D eigenvalue weighted by atomic mass is 10.0. The fourth-order valence-corrected chi connectivity index (χ4v) is 1.91. The Morgan fingerprint density at radius 2 is 2.27 bits per heavy atom. The maximum atomic E-state index is 8.73. The van der Waals surface area contributed by atoms with Gasteiger partial charge in [-0.05, 0) is 19.0 Å². The third-order valence-corrected chi connectivity index (χ3v) is 2.68. The zero-order valence-corrected chi connectivity index (χ0v) is 8.78. The van der Waals surface area contributed by atoms with E-state index < -0.39 is 0 Å². The number of benzene rings is 1. The van der Waals surface area contributed by atoms with Gasteiger partial charge in [-0.1, -0.05) is 18.2 Å². The van der Waals surface area contributed by atoms with Gasteiger partial charge < -0.3 is 15.2 Å². The summed E-state index contributed by atoms with van der Waals surface area (Å²) < 4.78 is 5.57. The molecule has 0 aromatic heterocycles. The van der Waals surface area contributed by atoms with Gasteiger partial charge in [0.25, 0.3) is 0 Å². The van der Waals surface area contributed by atoms with Crippen molar-refractivity contribution >= 4 is 0 Å². The van der Waals surface area contributed by atoms with E-state index in [4.69, 9.17) is 9.84 Å². The molecule has 1 aromatic carbocycles. The first-order valence-corrected chi connectivity index (χ1v) is 5.48. The fraction of sp³-hybridized carbons (Fsp3) is 0.500. The zero-order valence-electron chi connectivity index (χ0n) is 8.78. The van der Waals surface area contributed by atoms with Crippen LogP contribution in [0.2, 0.25) is 0 Å². The van der Waals surface area contributed by atoms with Gasteiger partial charge in [0.2, 0.25) is 0 Å². The van der Waals surface area contributed by atoms with Crippen LogP contribution in [0, 0.1) is 0 Å². The molecule has 0 saturated carbocycles. The van der Waals surface area contributed by atoms with Gasteiger partial charge in [-0.3, -0.25) is 0 Å². The molecular weight excluding hydrogens is 190 g/mol. The molecule has 0 bridgehead atoms. The lowest BCUT2D eigenvalue weighted by Crippen LogP contribution is -2.28. The Hall–Kier alpha value is -1.06. The number of para-hydroxylation sites is 1. The van der Waals surface area contributed by atoms with Crippen molar-refractivity contribution in [2.45, 2.75) is 18.9 Å². The highest BCUT2D eigenvalue weighted by molar-refractivity contribution is 5.37. The van der Waals surface area contributed by atoms with Crippen molar-refractivity contribution in [2.75, 3.05) is 19.8 Å². The maximum absolute atomic E-state index is 8.73. The molecule has 0 aliphatic carbocycles. The van der Waals surface area contributed by atoms with Crippen LogP contribution in [0.25, 0.3) is 0 Å². The molecule has 1 unspecified atom stereocenters. The van der Waals surface area contributed by atoms with Crippen molar-refractivity contribution in [3.8, 4) is 5.75 Å². The average molecular weight is 207 g/mol. The number of fused-ring (bicyclic) bond motifs is 1. The predicted molar refractivity (Wildman–Crippen MR) is 59.0 cm³/mol. The van der Waals surface area contributed by atoms with Crippen LogP contribution < -0.4 is 10.1 Å². The number of nitrogens with one attached hydrogen (secondary N) is 1. The van der Waals surface area contributed by atoms with E-state index in [1.54, 1.807) is 0 Å². The number of aliphatic hydroxyl groups excluding tert-OH is 1. The highest BCUT2D eigenvalue weighted by Crippen LogP contribution is 2.31. The van der Waals surface area contributed by atoms with E-state index in [9.17, 15) is 0 Å². The molecule has 1 aliphatic rings. The first-order valence-electron chi connectivity index (χ1n) is 5.48. The average Bonchev–Trinajstić information content (AvgIpc) is 2.30. The Bertz CT molecular complexity index is 314. The maximum Gasteiger partial charge on any atom is 0.124 e. The second kappa shape index (κ2) is 5.14. The SMILES string of the molecule is OCCCNC1CCOc2ccccc21. The molecule has 15 heavy (non-hydrogen) atoms. The number of ether oxygens (including phenoxy) is 1. The number of rotatable bonds is 4. The van der Waals surface area contributed by atoms with E-state index >= 15 is 0 Å². The van der Waals surface area contributed by atoms with Crippen LogP contribution in [0.1, 0.15) is 24.4 Å². The summed E-state index contributed by atoms with van der Waals surface area (Å²) in [4.78, 5) is 0. The Labute approximate surface area is 90.1 Å². The van der Waals surface area contributed by atoms with Crippen molar-refractivity contribution in [3.05, 3.63) is 29.8 Å². The summed E-state index contributed by atoms with van der Waals surface area (Å²) >= 11 is 0. The van der Waals surface area contributed by atoms with Gasteiger partial charge in [-0.25, -0.2) is 0 Å². The summed E-state index contributed by atoms with van der Waals surface area (Å²) in [6.07, 6.45) is 1.81. The molecule has 3 heteroatoms. The molecule has 1 atom stereocenters. The number of aliphatic hydroxyl groups is 1. The summed E-state index contributed by atoms with van der Waals surface area (Å²) in [5.74, 6) is 0.991.